The molecule has 0 spiro atoms. The van der Waals surface area contributed by atoms with Crippen molar-refractivity contribution in [3.05, 3.63) is 11.9 Å². The van der Waals surface area contributed by atoms with E-state index in [1.54, 1.807) is 0 Å². The molecule has 0 radical (unpaired) electrons. The van der Waals surface area contributed by atoms with E-state index in [9.17, 15) is 0 Å². The average molecular weight is 224 g/mol. The van der Waals surface area contributed by atoms with Crippen LogP contribution in [0.3, 0.4) is 0 Å². The lowest BCUT2D eigenvalue weighted by molar-refractivity contribution is 0.281. The first kappa shape index (κ1) is 11.2. The molecule has 1 fully saturated rings. The van der Waals surface area contributed by atoms with Crippen molar-refractivity contribution in [2.75, 3.05) is 26.2 Å². The van der Waals surface area contributed by atoms with Gasteiger partial charge < -0.3 is 27.0 Å². The van der Waals surface area contributed by atoms with E-state index in [4.69, 9.17) is 11.5 Å². The third-order valence-electron chi connectivity index (χ3n) is 3.00. The summed E-state index contributed by atoms with van der Waals surface area (Å²) in [7, 11) is 0. The summed E-state index contributed by atoms with van der Waals surface area (Å²) in [5.41, 5.74) is 11.2. The van der Waals surface area contributed by atoms with Gasteiger partial charge in [-0.2, -0.15) is 0 Å². The molecule has 16 heavy (non-hydrogen) atoms. The van der Waals surface area contributed by atoms with Crippen LogP contribution in [0.4, 0.5) is 0 Å². The van der Waals surface area contributed by atoms with Gasteiger partial charge in [0.1, 0.15) is 11.5 Å². The van der Waals surface area contributed by atoms with Crippen molar-refractivity contribution in [2.24, 2.45) is 16.5 Å². The molecule has 1 unspecified atom stereocenters. The van der Waals surface area contributed by atoms with Crippen molar-refractivity contribution in [3.8, 4) is 0 Å². The fraction of sp³-hybridized carbons (Fsp3) is 0.700. The monoisotopic (exact) mass is 224 g/mol. The number of piperazine rings is 1. The molecule has 0 aliphatic carbocycles. The summed E-state index contributed by atoms with van der Waals surface area (Å²) < 4.78 is 0. The molecular weight excluding hydrogens is 204 g/mol. The highest BCUT2D eigenvalue weighted by molar-refractivity contribution is 5.81. The molecule has 2 rings (SSSR count). The number of nitrogens with two attached hydrogens (primary N) is 2. The summed E-state index contributed by atoms with van der Waals surface area (Å²) in [4.78, 5) is 6.47. The van der Waals surface area contributed by atoms with Crippen LogP contribution >= 0.6 is 0 Å². The van der Waals surface area contributed by atoms with Crippen LogP contribution < -0.4 is 22.1 Å². The minimum absolute atomic E-state index is 0.403. The Hall–Kier alpha value is -1.27. The average Bonchev–Trinajstić information content (AvgIpc) is 2.29. The SMILES string of the molecule is CCC1(N)C=C(N2CCNCC2)NC(N)=N1. The Labute approximate surface area is 95.8 Å². The predicted molar refractivity (Wildman–Crippen MR) is 64.5 cm³/mol. The third kappa shape index (κ3) is 2.28. The van der Waals surface area contributed by atoms with E-state index in [1.165, 1.54) is 0 Å². The third-order valence-corrected chi connectivity index (χ3v) is 3.00. The molecule has 6 heteroatoms. The van der Waals surface area contributed by atoms with Gasteiger partial charge >= 0.3 is 0 Å². The smallest absolute Gasteiger partial charge is 0.196 e. The van der Waals surface area contributed by atoms with Gasteiger partial charge in [0.25, 0.3) is 0 Å². The van der Waals surface area contributed by atoms with Crippen LogP contribution in [0.1, 0.15) is 13.3 Å². The van der Waals surface area contributed by atoms with Gasteiger partial charge in [-0.15, -0.1) is 0 Å². The molecule has 2 aliphatic heterocycles. The maximum atomic E-state index is 6.12. The number of hydrogen-bond acceptors (Lipinski definition) is 6. The van der Waals surface area contributed by atoms with Gasteiger partial charge in [0.2, 0.25) is 0 Å². The molecule has 0 saturated carbocycles. The highest BCUT2D eigenvalue weighted by Crippen LogP contribution is 2.17. The second-order valence-corrected chi connectivity index (χ2v) is 4.23. The molecule has 0 aromatic heterocycles. The topological polar surface area (TPSA) is 91.7 Å². The Kier molecular flexibility index (Phi) is 3.02. The van der Waals surface area contributed by atoms with Gasteiger partial charge in [-0.1, -0.05) is 6.92 Å². The highest BCUT2D eigenvalue weighted by Gasteiger charge is 2.27. The normalized spacial score (nSPS) is 30.5. The number of guanidine groups is 1. The molecule has 0 aromatic rings. The van der Waals surface area contributed by atoms with Crippen molar-refractivity contribution in [1.29, 1.82) is 0 Å². The second-order valence-electron chi connectivity index (χ2n) is 4.23. The van der Waals surface area contributed by atoms with Gasteiger partial charge in [0.15, 0.2) is 5.96 Å². The summed E-state index contributed by atoms with van der Waals surface area (Å²) in [6.45, 7) is 5.91. The van der Waals surface area contributed by atoms with Crippen molar-refractivity contribution >= 4 is 5.96 Å². The van der Waals surface area contributed by atoms with Crippen LogP contribution in [0.5, 0.6) is 0 Å². The van der Waals surface area contributed by atoms with Crippen molar-refractivity contribution in [2.45, 2.75) is 19.0 Å². The summed E-state index contributed by atoms with van der Waals surface area (Å²) in [6.07, 6.45) is 2.71. The zero-order valence-electron chi connectivity index (χ0n) is 9.66. The van der Waals surface area contributed by atoms with Crippen molar-refractivity contribution in [1.82, 2.24) is 15.5 Å². The highest BCUT2D eigenvalue weighted by atomic mass is 15.3. The molecule has 0 bridgehead atoms. The number of hydrogen-bond donors (Lipinski definition) is 4. The van der Waals surface area contributed by atoms with Crippen LogP contribution in [-0.2, 0) is 0 Å². The summed E-state index contributed by atoms with van der Waals surface area (Å²) >= 11 is 0. The molecule has 2 heterocycles. The molecular formula is C10H20N6. The van der Waals surface area contributed by atoms with E-state index >= 15 is 0 Å². The summed E-state index contributed by atoms with van der Waals surface area (Å²) in [5, 5.41) is 6.39. The van der Waals surface area contributed by atoms with E-state index in [2.05, 4.69) is 20.5 Å². The van der Waals surface area contributed by atoms with Crippen LogP contribution in [0, 0.1) is 0 Å². The summed E-state index contributed by atoms with van der Waals surface area (Å²) in [6, 6.07) is 0. The minimum atomic E-state index is -0.657. The number of aliphatic imine (C=N–C) groups is 1. The Morgan fingerprint density at radius 1 is 1.50 bits per heavy atom. The number of rotatable bonds is 2. The first-order chi connectivity index (χ1) is 7.63. The predicted octanol–water partition coefficient (Wildman–Crippen LogP) is -1.28. The maximum Gasteiger partial charge on any atom is 0.196 e. The Morgan fingerprint density at radius 3 is 2.81 bits per heavy atom. The maximum absolute atomic E-state index is 6.12. The van der Waals surface area contributed by atoms with Crippen molar-refractivity contribution in [3.63, 3.8) is 0 Å². The Balaban J connectivity index is 2.15. The molecule has 1 atom stereocenters. The molecule has 0 aromatic carbocycles. The molecule has 2 aliphatic rings. The molecule has 90 valence electrons. The Morgan fingerprint density at radius 2 is 2.19 bits per heavy atom. The van der Waals surface area contributed by atoms with Crippen LogP contribution in [-0.4, -0.2) is 42.7 Å². The zero-order valence-corrected chi connectivity index (χ0v) is 9.66. The standard InChI is InChI=1S/C10H20N6/c1-2-10(12)7-8(14-9(11)15-10)16-5-3-13-4-6-16/h7,13H,2-6,12H2,1H3,(H3,11,14,15). The molecule has 1 saturated heterocycles. The molecule has 6 nitrogen and oxygen atoms in total. The van der Waals surface area contributed by atoms with Crippen LogP contribution in [0.25, 0.3) is 0 Å². The largest absolute Gasteiger partial charge is 0.370 e. The Bertz CT molecular complexity index is 317. The van der Waals surface area contributed by atoms with E-state index in [0.717, 1.165) is 38.4 Å². The van der Waals surface area contributed by atoms with E-state index in [-0.39, 0.29) is 0 Å². The lowest BCUT2D eigenvalue weighted by Gasteiger charge is -2.36. The minimum Gasteiger partial charge on any atom is -0.370 e. The first-order valence-corrected chi connectivity index (χ1v) is 5.73. The van der Waals surface area contributed by atoms with Gasteiger partial charge in [-0.25, -0.2) is 4.99 Å². The van der Waals surface area contributed by atoms with Crippen LogP contribution in [0.2, 0.25) is 0 Å². The molecule has 6 N–H and O–H groups in total. The second kappa shape index (κ2) is 4.31. The zero-order chi connectivity index (χ0) is 11.6. The summed E-state index contributed by atoms with van der Waals surface area (Å²) in [5.74, 6) is 1.39. The van der Waals surface area contributed by atoms with Gasteiger partial charge in [-0.05, 0) is 12.5 Å². The van der Waals surface area contributed by atoms with Gasteiger partial charge in [0, 0.05) is 26.2 Å². The van der Waals surface area contributed by atoms with Crippen molar-refractivity contribution < 1.29 is 0 Å². The number of nitrogens with one attached hydrogen (secondary N) is 2. The number of nitrogens with zero attached hydrogens (tertiary/aromatic N) is 2. The van der Waals surface area contributed by atoms with E-state index in [1.807, 2.05) is 13.0 Å². The van der Waals surface area contributed by atoms with Crippen LogP contribution in [0.15, 0.2) is 16.9 Å². The lowest BCUT2D eigenvalue weighted by Crippen LogP contribution is -2.53. The quantitative estimate of drug-likeness (QED) is 0.469. The fourth-order valence-electron chi connectivity index (χ4n) is 1.95. The molecule has 0 amide bonds. The first-order valence-electron chi connectivity index (χ1n) is 5.73. The van der Waals surface area contributed by atoms with Gasteiger partial charge in [-0.3, -0.25) is 0 Å². The van der Waals surface area contributed by atoms with E-state index < -0.39 is 5.66 Å². The van der Waals surface area contributed by atoms with E-state index in [0.29, 0.717) is 5.96 Å². The fourth-order valence-corrected chi connectivity index (χ4v) is 1.95. The van der Waals surface area contributed by atoms with Gasteiger partial charge in [0.05, 0.1) is 0 Å². The lowest BCUT2D eigenvalue weighted by atomic mass is 10.1.